The number of carbonyl (C=O) groups is 1. The second-order valence-corrected chi connectivity index (χ2v) is 6.21. The van der Waals surface area contributed by atoms with Gasteiger partial charge in [0.25, 0.3) is 5.91 Å². The molecule has 0 aliphatic rings. The predicted molar refractivity (Wildman–Crippen MR) is 99.8 cm³/mol. The largest absolute Gasteiger partial charge is 0.494 e. The Kier molecular flexibility index (Phi) is 5.16. The number of carbonyl (C=O) groups excluding carboxylic acids is 1. The molecule has 0 saturated heterocycles. The van der Waals surface area contributed by atoms with Crippen molar-refractivity contribution in [1.82, 2.24) is 9.88 Å². The molecule has 0 spiro atoms. The van der Waals surface area contributed by atoms with Crippen LogP contribution in [0.4, 0.5) is 4.39 Å². The summed E-state index contributed by atoms with van der Waals surface area (Å²) in [7, 11) is 1.75. The van der Waals surface area contributed by atoms with E-state index < -0.39 is 0 Å². The van der Waals surface area contributed by atoms with Crippen molar-refractivity contribution >= 4 is 16.8 Å². The number of ether oxygens (including phenoxy) is 1. The van der Waals surface area contributed by atoms with Crippen molar-refractivity contribution < 1.29 is 13.9 Å². The number of benzene rings is 2. The summed E-state index contributed by atoms with van der Waals surface area (Å²) in [6.45, 7) is 4.82. The van der Waals surface area contributed by atoms with Crippen LogP contribution in [0.1, 0.15) is 28.5 Å². The minimum atomic E-state index is -0.364. The SMILES string of the molecule is CCOc1ccc(CN(C)C(=O)c2cc(C)nc3cc(F)ccc23)cc1. The van der Waals surface area contributed by atoms with E-state index >= 15 is 0 Å². The molecule has 0 aliphatic carbocycles. The Hall–Kier alpha value is -2.95. The summed E-state index contributed by atoms with van der Waals surface area (Å²) in [5, 5.41) is 0.653. The Balaban J connectivity index is 1.85. The second-order valence-electron chi connectivity index (χ2n) is 6.21. The van der Waals surface area contributed by atoms with Crippen LogP contribution >= 0.6 is 0 Å². The Morgan fingerprint density at radius 2 is 1.88 bits per heavy atom. The van der Waals surface area contributed by atoms with Crippen molar-refractivity contribution in [3.8, 4) is 5.75 Å². The van der Waals surface area contributed by atoms with Gasteiger partial charge in [0, 0.05) is 30.7 Å². The van der Waals surface area contributed by atoms with Gasteiger partial charge in [0.2, 0.25) is 0 Å². The molecular weight excluding hydrogens is 331 g/mol. The second kappa shape index (κ2) is 7.52. The van der Waals surface area contributed by atoms with E-state index in [1.807, 2.05) is 31.2 Å². The number of hydrogen-bond acceptors (Lipinski definition) is 3. The standard InChI is InChI=1S/C21H21FN2O2/c1-4-26-17-8-5-15(6-9-17)13-24(3)21(25)19-11-14(2)23-20-12-16(22)7-10-18(19)20/h5-12H,4,13H2,1-3H3. The van der Waals surface area contributed by atoms with Gasteiger partial charge in [-0.3, -0.25) is 9.78 Å². The quantitative estimate of drug-likeness (QED) is 0.685. The Morgan fingerprint density at radius 3 is 2.58 bits per heavy atom. The summed E-state index contributed by atoms with van der Waals surface area (Å²) < 4.78 is 18.9. The van der Waals surface area contributed by atoms with Crippen molar-refractivity contribution in [1.29, 1.82) is 0 Å². The van der Waals surface area contributed by atoms with Crippen LogP contribution in [0.3, 0.4) is 0 Å². The van der Waals surface area contributed by atoms with Gasteiger partial charge in [-0.2, -0.15) is 0 Å². The van der Waals surface area contributed by atoms with Gasteiger partial charge in [-0.1, -0.05) is 12.1 Å². The van der Waals surface area contributed by atoms with Crippen molar-refractivity contribution in [2.24, 2.45) is 0 Å². The molecule has 0 bridgehead atoms. The highest BCUT2D eigenvalue weighted by Gasteiger charge is 2.17. The van der Waals surface area contributed by atoms with Crippen LogP contribution in [0.15, 0.2) is 48.5 Å². The first-order valence-electron chi connectivity index (χ1n) is 8.52. The first-order chi connectivity index (χ1) is 12.5. The third kappa shape index (κ3) is 3.82. The zero-order valence-electron chi connectivity index (χ0n) is 15.1. The molecule has 0 unspecified atom stereocenters. The fourth-order valence-corrected chi connectivity index (χ4v) is 2.92. The lowest BCUT2D eigenvalue weighted by Gasteiger charge is -2.19. The Labute approximate surface area is 152 Å². The molecule has 26 heavy (non-hydrogen) atoms. The molecule has 4 nitrogen and oxygen atoms in total. The van der Waals surface area contributed by atoms with Crippen molar-refractivity contribution in [2.45, 2.75) is 20.4 Å². The van der Waals surface area contributed by atoms with Crippen molar-refractivity contribution in [2.75, 3.05) is 13.7 Å². The number of hydrogen-bond donors (Lipinski definition) is 0. The van der Waals surface area contributed by atoms with Crippen molar-refractivity contribution in [3.05, 3.63) is 71.2 Å². The maximum atomic E-state index is 13.5. The molecule has 3 aromatic rings. The zero-order chi connectivity index (χ0) is 18.7. The highest BCUT2D eigenvalue weighted by atomic mass is 19.1. The molecule has 134 valence electrons. The highest BCUT2D eigenvalue weighted by molar-refractivity contribution is 6.06. The molecule has 1 aromatic heterocycles. The molecule has 1 heterocycles. The fraction of sp³-hybridized carbons (Fsp3) is 0.238. The van der Waals surface area contributed by atoms with Gasteiger partial charge in [-0.25, -0.2) is 4.39 Å². The van der Waals surface area contributed by atoms with E-state index in [2.05, 4.69) is 4.98 Å². The predicted octanol–water partition coefficient (Wildman–Crippen LogP) is 4.35. The van der Waals surface area contributed by atoms with Crippen LogP contribution in [0, 0.1) is 12.7 Å². The molecule has 0 saturated carbocycles. The number of aryl methyl sites for hydroxylation is 1. The van der Waals surface area contributed by atoms with E-state index in [1.165, 1.54) is 12.1 Å². The number of aromatic nitrogens is 1. The first kappa shape index (κ1) is 17.9. The van der Waals surface area contributed by atoms with Crippen LogP contribution in [0.5, 0.6) is 5.75 Å². The van der Waals surface area contributed by atoms with Gasteiger partial charge in [-0.05, 0) is 49.7 Å². The molecule has 2 aromatic carbocycles. The maximum Gasteiger partial charge on any atom is 0.254 e. The molecule has 0 N–H and O–H groups in total. The van der Waals surface area contributed by atoms with E-state index in [9.17, 15) is 9.18 Å². The average Bonchev–Trinajstić information content (AvgIpc) is 2.61. The van der Waals surface area contributed by atoms with E-state index in [1.54, 1.807) is 31.0 Å². The van der Waals surface area contributed by atoms with Crippen LogP contribution in [-0.4, -0.2) is 29.4 Å². The Bertz CT molecular complexity index is 933. The summed E-state index contributed by atoms with van der Waals surface area (Å²) in [6.07, 6.45) is 0. The minimum absolute atomic E-state index is 0.124. The lowest BCUT2D eigenvalue weighted by atomic mass is 10.1. The van der Waals surface area contributed by atoms with Crippen molar-refractivity contribution in [3.63, 3.8) is 0 Å². The minimum Gasteiger partial charge on any atom is -0.494 e. The monoisotopic (exact) mass is 352 g/mol. The molecule has 0 fully saturated rings. The van der Waals surface area contributed by atoms with Crippen LogP contribution in [0.25, 0.3) is 10.9 Å². The fourth-order valence-electron chi connectivity index (χ4n) is 2.92. The average molecular weight is 352 g/mol. The van der Waals surface area contributed by atoms with Gasteiger partial charge in [0.1, 0.15) is 11.6 Å². The summed E-state index contributed by atoms with van der Waals surface area (Å²) >= 11 is 0. The third-order valence-corrected chi connectivity index (χ3v) is 4.13. The molecule has 3 rings (SSSR count). The van der Waals surface area contributed by atoms with Crippen LogP contribution in [-0.2, 0) is 6.54 Å². The van der Waals surface area contributed by atoms with E-state index in [4.69, 9.17) is 4.74 Å². The molecule has 5 heteroatoms. The molecule has 0 atom stereocenters. The summed E-state index contributed by atoms with van der Waals surface area (Å²) in [5.41, 5.74) is 2.70. The number of halogens is 1. The topological polar surface area (TPSA) is 42.4 Å². The van der Waals surface area contributed by atoms with E-state index in [0.717, 1.165) is 11.3 Å². The lowest BCUT2D eigenvalue weighted by molar-refractivity contribution is 0.0787. The number of nitrogens with zero attached hydrogens (tertiary/aromatic N) is 2. The summed E-state index contributed by atoms with van der Waals surface area (Å²) in [4.78, 5) is 18.9. The Morgan fingerprint density at radius 1 is 1.15 bits per heavy atom. The normalized spacial score (nSPS) is 10.8. The first-order valence-corrected chi connectivity index (χ1v) is 8.52. The van der Waals surface area contributed by atoms with Gasteiger partial charge in [0.15, 0.2) is 0 Å². The number of pyridine rings is 1. The lowest BCUT2D eigenvalue weighted by Crippen LogP contribution is -2.26. The summed E-state index contributed by atoms with van der Waals surface area (Å²) in [6, 6.07) is 13.7. The highest BCUT2D eigenvalue weighted by Crippen LogP contribution is 2.22. The smallest absolute Gasteiger partial charge is 0.254 e. The zero-order valence-corrected chi connectivity index (χ0v) is 15.1. The van der Waals surface area contributed by atoms with E-state index in [-0.39, 0.29) is 11.7 Å². The van der Waals surface area contributed by atoms with Gasteiger partial charge >= 0.3 is 0 Å². The summed E-state index contributed by atoms with van der Waals surface area (Å²) in [5.74, 6) is 0.320. The van der Waals surface area contributed by atoms with Gasteiger partial charge in [0.05, 0.1) is 17.7 Å². The van der Waals surface area contributed by atoms with Crippen LogP contribution in [0.2, 0.25) is 0 Å². The van der Waals surface area contributed by atoms with Crippen LogP contribution < -0.4 is 4.74 Å². The molecule has 1 amide bonds. The molecule has 0 aliphatic heterocycles. The number of rotatable bonds is 5. The number of fused-ring (bicyclic) bond motifs is 1. The third-order valence-electron chi connectivity index (χ3n) is 4.13. The number of amides is 1. The van der Waals surface area contributed by atoms with E-state index in [0.29, 0.717) is 35.3 Å². The van der Waals surface area contributed by atoms with Gasteiger partial charge in [-0.15, -0.1) is 0 Å². The van der Waals surface area contributed by atoms with Gasteiger partial charge < -0.3 is 9.64 Å². The molecular formula is C21H21FN2O2. The molecule has 0 radical (unpaired) electrons. The maximum absolute atomic E-state index is 13.5.